The highest BCUT2D eigenvalue weighted by Crippen LogP contribution is 1.96. The third-order valence-corrected chi connectivity index (χ3v) is 2.63. The average molecular weight is 321 g/mol. The minimum absolute atomic E-state index is 0.872. The van der Waals surface area contributed by atoms with Gasteiger partial charge in [0.05, 0.1) is 19.1 Å². The maximum Gasteiger partial charge on any atom is 0.326 e. The summed E-state index contributed by atoms with van der Waals surface area (Å²) in [6.07, 6.45) is -2.08. The number of hydrogen-bond donors (Lipinski definition) is 7. The molecule has 2 amide bonds. The molecule has 0 aliphatic rings. The van der Waals surface area contributed by atoms with Gasteiger partial charge in [-0.05, 0) is 6.92 Å². The van der Waals surface area contributed by atoms with Gasteiger partial charge in [-0.15, -0.1) is 0 Å². The van der Waals surface area contributed by atoms with Crippen LogP contribution in [0.5, 0.6) is 0 Å². The molecule has 0 aromatic rings. The Kier molecular flexibility index (Phi) is 8.01. The minimum atomic E-state index is -1.72. The molecule has 0 spiro atoms. The zero-order chi connectivity index (χ0) is 17.4. The summed E-state index contributed by atoms with van der Waals surface area (Å²) in [5.74, 6) is -5.07. The van der Waals surface area contributed by atoms with Crippen molar-refractivity contribution in [2.45, 2.75) is 37.6 Å². The number of carbonyl (C=O) groups is 4. The highest BCUT2D eigenvalue weighted by Gasteiger charge is 2.29. The van der Waals surface area contributed by atoms with E-state index in [4.69, 9.17) is 26.2 Å². The summed E-state index contributed by atoms with van der Waals surface area (Å²) in [5, 5.41) is 39.4. The van der Waals surface area contributed by atoms with Crippen LogP contribution in [0.2, 0.25) is 0 Å². The molecule has 126 valence electrons. The van der Waals surface area contributed by atoms with Crippen molar-refractivity contribution in [3.05, 3.63) is 0 Å². The van der Waals surface area contributed by atoms with E-state index in [0.717, 1.165) is 0 Å². The zero-order valence-corrected chi connectivity index (χ0v) is 11.7. The van der Waals surface area contributed by atoms with Gasteiger partial charge in [-0.1, -0.05) is 0 Å². The Bertz CT molecular complexity index is 439. The highest BCUT2D eigenvalue weighted by atomic mass is 16.4. The minimum Gasteiger partial charge on any atom is -0.481 e. The number of aliphatic carboxylic acids is 2. The first kappa shape index (κ1) is 19.8. The van der Waals surface area contributed by atoms with Crippen molar-refractivity contribution in [2.75, 3.05) is 6.61 Å². The molecule has 22 heavy (non-hydrogen) atoms. The number of aliphatic hydroxyl groups excluding tert-OH is 2. The predicted octanol–water partition coefficient (Wildman–Crippen LogP) is -3.78. The van der Waals surface area contributed by atoms with Crippen LogP contribution in [0.4, 0.5) is 0 Å². The molecule has 0 aliphatic carbocycles. The highest BCUT2D eigenvalue weighted by molar-refractivity contribution is 5.92. The number of amides is 2. The van der Waals surface area contributed by atoms with Crippen LogP contribution in [0.15, 0.2) is 0 Å². The lowest BCUT2D eigenvalue weighted by atomic mass is 10.1. The fourth-order valence-electron chi connectivity index (χ4n) is 1.33. The Morgan fingerprint density at radius 3 is 1.91 bits per heavy atom. The SMILES string of the molecule is C[C@@H](O)[C@H](N)C(=O)N[C@@H](CO)C(=O)N[C@@H](CC(=O)O)C(=O)O. The van der Waals surface area contributed by atoms with E-state index in [2.05, 4.69) is 0 Å². The van der Waals surface area contributed by atoms with Crippen LogP contribution in [0.3, 0.4) is 0 Å². The van der Waals surface area contributed by atoms with E-state index < -0.39 is 61.0 Å². The van der Waals surface area contributed by atoms with Crippen LogP contribution in [0, 0.1) is 0 Å². The first-order valence-electron chi connectivity index (χ1n) is 6.20. The molecule has 0 saturated carbocycles. The van der Waals surface area contributed by atoms with E-state index in [1.165, 1.54) is 6.92 Å². The van der Waals surface area contributed by atoms with Crippen molar-refractivity contribution in [1.82, 2.24) is 10.6 Å². The first-order chi connectivity index (χ1) is 10.1. The summed E-state index contributed by atoms with van der Waals surface area (Å²) in [6, 6.07) is -4.61. The van der Waals surface area contributed by atoms with E-state index >= 15 is 0 Å². The molecule has 0 fully saturated rings. The summed E-state index contributed by atoms with van der Waals surface area (Å²) in [4.78, 5) is 44.6. The maximum absolute atomic E-state index is 11.8. The smallest absolute Gasteiger partial charge is 0.326 e. The molecule has 0 radical (unpaired) electrons. The topological polar surface area (TPSA) is 199 Å². The number of carboxylic acids is 2. The van der Waals surface area contributed by atoms with Crippen LogP contribution in [-0.4, -0.2) is 75.0 Å². The monoisotopic (exact) mass is 321 g/mol. The molecular formula is C11H19N3O8. The maximum atomic E-state index is 11.8. The molecule has 0 saturated heterocycles. The van der Waals surface area contributed by atoms with Gasteiger partial charge in [-0.3, -0.25) is 14.4 Å². The lowest BCUT2D eigenvalue weighted by Crippen LogP contribution is -2.57. The fourth-order valence-corrected chi connectivity index (χ4v) is 1.33. The van der Waals surface area contributed by atoms with Crippen molar-refractivity contribution < 1.29 is 39.6 Å². The number of hydrogen-bond acceptors (Lipinski definition) is 7. The van der Waals surface area contributed by atoms with Crippen molar-refractivity contribution in [3.8, 4) is 0 Å². The molecule has 0 bridgehead atoms. The van der Waals surface area contributed by atoms with Gasteiger partial charge in [-0.25, -0.2) is 4.79 Å². The van der Waals surface area contributed by atoms with Gasteiger partial charge in [-0.2, -0.15) is 0 Å². The van der Waals surface area contributed by atoms with Crippen molar-refractivity contribution in [3.63, 3.8) is 0 Å². The van der Waals surface area contributed by atoms with Gasteiger partial charge in [0.2, 0.25) is 11.8 Å². The van der Waals surface area contributed by atoms with Crippen LogP contribution in [0.25, 0.3) is 0 Å². The number of carbonyl (C=O) groups excluding carboxylic acids is 2. The second-order valence-corrected chi connectivity index (χ2v) is 4.51. The number of aliphatic hydroxyl groups is 2. The summed E-state index contributed by atoms with van der Waals surface area (Å²) in [6.45, 7) is 0.370. The lowest BCUT2D eigenvalue weighted by molar-refractivity contribution is -0.147. The standard InChI is InChI=1S/C11H19N3O8/c1-4(16)8(12)10(20)14-6(3-15)9(19)13-5(11(21)22)2-7(17)18/h4-6,8,15-16H,2-3,12H2,1H3,(H,13,19)(H,14,20)(H,17,18)(H,21,22)/t4-,5+,6+,8+/m1/s1. The van der Waals surface area contributed by atoms with Gasteiger partial charge in [0.15, 0.2) is 0 Å². The van der Waals surface area contributed by atoms with Crippen molar-refractivity contribution >= 4 is 23.8 Å². The van der Waals surface area contributed by atoms with Gasteiger partial charge >= 0.3 is 11.9 Å². The summed E-state index contributed by atoms with van der Waals surface area (Å²) in [5.41, 5.74) is 5.33. The summed E-state index contributed by atoms with van der Waals surface area (Å²) < 4.78 is 0. The molecule has 4 atom stereocenters. The predicted molar refractivity (Wildman–Crippen MR) is 70.5 cm³/mol. The summed E-state index contributed by atoms with van der Waals surface area (Å²) in [7, 11) is 0. The third kappa shape index (κ3) is 6.47. The largest absolute Gasteiger partial charge is 0.481 e. The van der Waals surface area contributed by atoms with E-state index in [-0.39, 0.29) is 0 Å². The summed E-state index contributed by atoms with van der Waals surface area (Å²) >= 11 is 0. The van der Waals surface area contributed by atoms with E-state index in [0.29, 0.717) is 0 Å². The Balaban J connectivity index is 4.80. The molecule has 11 nitrogen and oxygen atoms in total. The second-order valence-electron chi connectivity index (χ2n) is 4.51. The Morgan fingerprint density at radius 2 is 1.55 bits per heavy atom. The van der Waals surface area contributed by atoms with E-state index in [1.807, 2.05) is 10.6 Å². The Morgan fingerprint density at radius 1 is 1.05 bits per heavy atom. The number of rotatable bonds is 9. The van der Waals surface area contributed by atoms with Crippen molar-refractivity contribution in [1.29, 1.82) is 0 Å². The van der Waals surface area contributed by atoms with Gasteiger partial charge < -0.3 is 36.8 Å². The third-order valence-electron chi connectivity index (χ3n) is 2.63. The molecule has 0 unspecified atom stereocenters. The van der Waals surface area contributed by atoms with Crippen molar-refractivity contribution in [2.24, 2.45) is 5.73 Å². The van der Waals surface area contributed by atoms with Crippen LogP contribution >= 0.6 is 0 Å². The number of carboxylic acid groups (broad SMARTS) is 2. The zero-order valence-electron chi connectivity index (χ0n) is 11.7. The molecule has 0 heterocycles. The van der Waals surface area contributed by atoms with Gasteiger partial charge in [0.1, 0.15) is 18.1 Å². The molecule has 0 aliphatic heterocycles. The van der Waals surface area contributed by atoms with Crippen LogP contribution in [-0.2, 0) is 19.2 Å². The van der Waals surface area contributed by atoms with E-state index in [1.54, 1.807) is 0 Å². The van der Waals surface area contributed by atoms with Crippen LogP contribution < -0.4 is 16.4 Å². The molecule has 0 aromatic heterocycles. The van der Waals surface area contributed by atoms with Gasteiger partial charge in [0.25, 0.3) is 0 Å². The quantitative estimate of drug-likeness (QED) is 0.222. The molecule has 11 heteroatoms. The average Bonchev–Trinajstić information content (AvgIpc) is 2.41. The number of nitrogens with two attached hydrogens (primary N) is 1. The van der Waals surface area contributed by atoms with E-state index in [9.17, 15) is 19.2 Å². The number of nitrogens with one attached hydrogen (secondary N) is 2. The molecule has 8 N–H and O–H groups in total. The molecule has 0 rings (SSSR count). The molecular weight excluding hydrogens is 302 g/mol. The Hall–Kier alpha value is -2.24. The van der Waals surface area contributed by atoms with Gasteiger partial charge in [0, 0.05) is 0 Å². The normalized spacial score (nSPS) is 16.0. The fraction of sp³-hybridized carbons (Fsp3) is 0.636. The van der Waals surface area contributed by atoms with Crippen LogP contribution in [0.1, 0.15) is 13.3 Å². The first-order valence-corrected chi connectivity index (χ1v) is 6.20. The Labute approximate surface area is 125 Å². The molecule has 0 aromatic carbocycles. The second kappa shape index (κ2) is 8.92. The lowest BCUT2D eigenvalue weighted by Gasteiger charge is -2.21.